The fourth-order valence-corrected chi connectivity index (χ4v) is 3.32. The second-order valence-corrected chi connectivity index (χ2v) is 8.51. The van der Waals surface area contributed by atoms with Crippen LogP contribution in [0, 0.1) is 13.8 Å². The van der Waals surface area contributed by atoms with Gasteiger partial charge in [-0.15, -0.1) is 0 Å². The summed E-state index contributed by atoms with van der Waals surface area (Å²) in [5.74, 6) is 0.276. The molecule has 9 heteroatoms. The highest BCUT2D eigenvalue weighted by atomic mass is 35.5. The summed E-state index contributed by atoms with van der Waals surface area (Å²) >= 11 is 6.27. The highest BCUT2D eigenvalue weighted by molar-refractivity contribution is 6.33. The lowest BCUT2D eigenvalue weighted by molar-refractivity contribution is 0.0140. The van der Waals surface area contributed by atoms with Crippen molar-refractivity contribution >= 4 is 23.6 Å². The lowest BCUT2D eigenvalue weighted by atomic mass is 10.2. The second kappa shape index (κ2) is 8.02. The first kappa shape index (κ1) is 21.1. The molecule has 2 aromatic rings. The minimum Gasteiger partial charge on any atom is -0.444 e. The number of amides is 2. The van der Waals surface area contributed by atoms with Crippen molar-refractivity contribution in [2.75, 3.05) is 26.2 Å². The Hall–Kier alpha value is -2.61. The average Bonchev–Trinajstić information content (AvgIpc) is 2.98. The molecule has 0 aliphatic carbocycles. The summed E-state index contributed by atoms with van der Waals surface area (Å²) in [6, 6.07) is 5.33. The van der Waals surface area contributed by atoms with Crippen molar-refractivity contribution in [3.8, 4) is 5.82 Å². The molecule has 0 N–H and O–H groups in total. The molecule has 0 spiro atoms. The molecular weight excluding hydrogens is 394 g/mol. The molecule has 0 atom stereocenters. The van der Waals surface area contributed by atoms with E-state index in [0.717, 1.165) is 11.4 Å². The highest BCUT2D eigenvalue weighted by Gasteiger charge is 2.29. The Bertz CT molecular complexity index is 927. The number of pyridine rings is 1. The van der Waals surface area contributed by atoms with E-state index in [1.807, 2.05) is 40.7 Å². The Morgan fingerprint density at radius 2 is 1.69 bits per heavy atom. The number of aryl methyl sites for hydroxylation is 2. The van der Waals surface area contributed by atoms with E-state index in [1.54, 1.807) is 26.6 Å². The average molecular weight is 420 g/mol. The lowest BCUT2D eigenvalue weighted by Crippen LogP contribution is -2.51. The van der Waals surface area contributed by atoms with Crippen LogP contribution in [0.15, 0.2) is 18.2 Å². The zero-order valence-electron chi connectivity index (χ0n) is 17.4. The summed E-state index contributed by atoms with van der Waals surface area (Å²) in [5, 5.41) is 4.70. The van der Waals surface area contributed by atoms with Crippen LogP contribution in [0.1, 0.15) is 42.6 Å². The van der Waals surface area contributed by atoms with Gasteiger partial charge in [0.1, 0.15) is 11.3 Å². The van der Waals surface area contributed by atoms with Crippen LogP contribution in [0.25, 0.3) is 5.82 Å². The van der Waals surface area contributed by atoms with E-state index in [2.05, 4.69) is 10.1 Å². The predicted molar refractivity (Wildman–Crippen MR) is 110 cm³/mol. The quantitative estimate of drug-likeness (QED) is 0.746. The van der Waals surface area contributed by atoms with Gasteiger partial charge >= 0.3 is 6.09 Å². The van der Waals surface area contributed by atoms with Crippen molar-refractivity contribution < 1.29 is 14.3 Å². The molecule has 2 aromatic heterocycles. The third-order valence-electron chi connectivity index (χ3n) is 4.48. The van der Waals surface area contributed by atoms with Gasteiger partial charge < -0.3 is 14.5 Å². The maximum atomic E-state index is 13.0. The lowest BCUT2D eigenvalue weighted by Gasteiger charge is -2.35. The van der Waals surface area contributed by atoms with Gasteiger partial charge in [0.25, 0.3) is 5.91 Å². The number of piperazine rings is 1. The first-order chi connectivity index (χ1) is 13.5. The fourth-order valence-electron chi connectivity index (χ4n) is 3.13. The van der Waals surface area contributed by atoms with Crippen LogP contribution in [-0.4, -0.2) is 68.3 Å². The van der Waals surface area contributed by atoms with Gasteiger partial charge in [-0.05, 0) is 52.8 Å². The molecule has 8 nitrogen and oxygen atoms in total. The van der Waals surface area contributed by atoms with Crippen molar-refractivity contribution in [3.05, 3.63) is 40.3 Å². The summed E-state index contributed by atoms with van der Waals surface area (Å²) in [6.45, 7) is 10.9. The first-order valence-corrected chi connectivity index (χ1v) is 9.90. The van der Waals surface area contributed by atoms with Gasteiger partial charge in [0, 0.05) is 31.9 Å². The van der Waals surface area contributed by atoms with Gasteiger partial charge in [-0.25, -0.2) is 14.5 Å². The van der Waals surface area contributed by atoms with Crippen LogP contribution in [0.5, 0.6) is 0 Å². The zero-order valence-corrected chi connectivity index (χ0v) is 18.2. The molecule has 1 aliphatic heterocycles. The van der Waals surface area contributed by atoms with E-state index < -0.39 is 5.60 Å². The molecule has 3 rings (SSSR count). The number of carbonyl (C=O) groups is 2. The fraction of sp³-hybridized carbons (Fsp3) is 0.500. The Morgan fingerprint density at radius 1 is 1.07 bits per heavy atom. The minimum absolute atomic E-state index is 0.183. The van der Waals surface area contributed by atoms with Crippen LogP contribution in [-0.2, 0) is 4.74 Å². The third kappa shape index (κ3) is 4.87. The van der Waals surface area contributed by atoms with Gasteiger partial charge in [-0.2, -0.15) is 5.10 Å². The Morgan fingerprint density at radius 3 is 2.24 bits per heavy atom. The number of hydrogen-bond donors (Lipinski definition) is 0. The summed E-state index contributed by atoms with van der Waals surface area (Å²) < 4.78 is 7.08. The number of halogens is 1. The molecule has 0 saturated carbocycles. The highest BCUT2D eigenvalue weighted by Crippen LogP contribution is 2.20. The van der Waals surface area contributed by atoms with Crippen LogP contribution in [0.3, 0.4) is 0 Å². The van der Waals surface area contributed by atoms with E-state index in [4.69, 9.17) is 16.3 Å². The maximum Gasteiger partial charge on any atom is 0.410 e. The molecule has 29 heavy (non-hydrogen) atoms. The molecule has 156 valence electrons. The topological polar surface area (TPSA) is 80.6 Å². The van der Waals surface area contributed by atoms with E-state index in [9.17, 15) is 9.59 Å². The zero-order chi connectivity index (χ0) is 21.3. The van der Waals surface area contributed by atoms with Crippen molar-refractivity contribution in [2.45, 2.75) is 40.2 Å². The summed E-state index contributed by atoms with van der Waals surface area (Å²) in [5.41, 5.74) is 1.42. The molecule has 1 aliphatic rings. The SMILES string of the molecule is Cc1cc(C)n(-c2ccc(Cl)c(C(=O)N3CCN(C(=O)OC(C)(C)C)CC3)n2)n1. The standard InChI is InChI=1S/C20H26ClN5O3/c1-13-12-14(2)26(23-13)16-7-6-15(21)17(22-16)18(27)24-8-10-25(11-9-24)19(28)29-20(3,4)5/h6-7,12H,8-11H2,1-5H3. The smallest absolute Gasteiger partial charge is 0.410 e. The van der Waals surface area contributed by atoms with Crippen LogP contribution in [0.4, 0.5) is 4.79 Å². The molecule has 0 bridgehead atoms. The molecule has 3 heterocycles. The molecule has 0 radical (unpaired) electrons. The molecule has 1 fully saturated rings. The maximum absolute atomic E-state index is 13.0. The molecule has 0 aromatic carbocycles. The van der Waals surface area contributed by atoms with Crippen LogP contribution < -0.4 is 0 Å². The summed E-state index contributed by atoms with van der Waals surface area (Å²) in [6.07, 6.45) is -0.368. The van der Waals surface area contributed by atoms with Crippen LogP contribution >= 0.6 is 11.6 Å². The van der Waals surface area contributed by atoms with E-state index in [-0.39, 0.29) is 22.7 Å². The van der Waals surface area contributed by atoms with Gasteiger partial charge in [0.15, 0.2) is 5.82 Å². The number of aromatic nitrogens is 3. The van der Waals surface area contributed by atoms with Crippen LogP contribution in [0.2, 0.25) is 5.02 Å². The largest absolute Gasteiger partial charge is 0.444 e. The summed E-state index contributed by atoms with van der Waals surface area (Å²) in [4.78, 5) is 32.9. The predicted octanol–water partition coefficient (Wildman–Crippen LogP) is 3.23. The monoisotopic (exact) mass is 419 g/mol. The second-order valence-electron chi connectivity index (χ2n) is 8.10. The van der Waals surface area contributed by atoms with Crippen molar-refractivity contribution in [3.63, 3.8) is 0 Å². The van der Waals surface area contributed by atoms with E-state index >= 15 is 0 Å². The van der Waals surface area contributed by atoms with Gasteiger partial charge in [0.05, 0.1) is 10.7 Å². The first-order valence-electron chi connectivity index (χ1n) is 9.52. The molecule has 1 saturated heterocycles. The number of rotatable bonds is 2. The van der Waals surface area contributed by atoms with Crippen molar-refractivity contribution in [2.24, 2.45) is 0 Å². The number of ether oxygens (including phenoxy) is 1. The van der Waals surface area contributed by atoms with Crippen molar-refractivity contribution in [1.29, 1.82) is 0 Å². The Labute approximate surface area is 175 Å². The van der Waals surface area contributed by atoms with E-state index in [1.165, 1.54) is 0 Å². The van der Waals surface area contributed by atoms with E-state index in [0.29, 0.717) is 32.0 Å². The molecular formula is C20H26ClN5O3. The number of nitrogens with zero attached hydrogens (tertiary/aromatic N) is 5. The Kier molecular flexibility index (Phi) is 5.84. The van der Waals surface area contributed by atoms with Gasteiger partial charge in [-0.3, -0.25) is 4.79 Å². The third-order valence-corrected chi connectivity index (χ3v) is 4.78. The Balaban J connectivity index is 1.72. The minimum atomic E-state index is -0.551. The number of carbonyl (C=O) groups excluding carboxylic acids is 2. The van der Waals surface area contributed by atoms with Gasteiger partial charge in [0.2, 0.25) is 0 Å². The molecule has 0 unspecified atom stereocenters. The van der Waals surface area contributed by atoms with Crippen molar-refractivity contribution in [1.82, 2.24) is 24.6 Å². The number of hydrogen-bond acceptors (Lipinski definition) is 5. The summed E-state index contributed by atoms with van der Waals surface area (Å²) in [7, 11) is 0. The van der Waals surface area contributed by atoms with Gasteiger partial charge in [-0.1, -0.05) is 11.6 Å². The molecule has 2 amide bonds. The normalized spacial score (nSPS) is 14.8.